The topological polar surface area (TPSA) is 65.5 Å². The van der Waals surface area contributed by atoms with Crippen molar-refractivity contribution in [2.24, 2.45) is 0 Å². The summed E-state index contributed by atoms with van der Waals surface area (Å²) in [7, 11) is 1.31. The number of ether oxygens (including phenoxy) is 2. The molecule has 132 valence electrons. The normalized spacial score (nSPS) is 10.4. The number of hydrogen-bond acceptors (Lipinski definition) is 6. The molecule has 0 N–H and O–H groups in total. The number of methoxy groups -OCH3 is 1. The molecule has 0 aliphatic rings. The molecule has 3 aromatic rings. The number of rotatable bonds is 5. The van der Waals surface area contributed by atoms with Crippen molar-refractivity contribution in [2.75, 3.05) is 7.11 Å². The number of carbonyl (C=O) groups is 2. The van der Waals surface area contributed by atoms with Crippen LogP contribution in [0.3, 0.4) is 0 Å². The number of benzene rings is 2. The number of thiazole rings is 1. The van der Waals surface area contributed by atoms with E-state index in [1.54, 1.807) is 0 Å². The summed E-state index contributed by atoms with van der Waals surface area (Å²) < 4.78 is 9.92. The Kier molecular flexibility index (Phi) is 5.43. The Morgan fingerprint density at radius 1 is 0.962 bits per heavy atom. The highest BCUT2D eigenvalue weighted by Crippen LogP contribution is 2.24. The average Bonchev–Trinajstić information content (AvgIpc) is 3.15. The molecule has 3 rings (SSSR count). The van der Waals surface area contributed by atoms with Crippen molar-refractivity contribution in [1.29, 1.82) is 0 Å². The van der Waals surface area contributed by atoms with Crippen molar-refractivity contribution >= 4 is 23.3 Å². The van der Waals surface area contributed by atoms with Crippen molar-refractivity contribution in [3.63, 3.8) is 0 Å². The Balaban J connectivity index is 1.61. The molecule has 6 heteroatoms. The molecule has 1 heterocycles. The van der Waals surface area contributed by atoms with Crippen molar-refractivity contribution in [3.05, 3.63) is 76.3 Å². The Hall–Kier alpha value is -2.99. The van der Waals surface area contributed by atoms with Gasteiger partial charge >= 0.3 is 11.9 Å². The summed E-state index contributed by atoms with van der Waals surface area (Å²) in [6, 6.07) is 14.2. The highest BCUT2D eigenvalue weighted by molar-refractivity contribution is 7.13. The number of nitrogens with zero attached hydrogens (tertiary/aromatic N) is 1. The van der Waals surface area contributed by atoms with Crippen LogP contribution in [0.25, 0.3) is 10.6 Å². The molecule has 1 aromatic heterocycles. The minimum Gasteiger partial charge on any atom is -0.465 e. The third-order valence-corrected chi connectivity index (χ3v) is 4.68. The summed E-state index contributed by atoms with van der Waals surface area (Å²) in [5.74, 6) is -0.915. The van der Waals surface area contributed by atoms with Gasteiger partial charge in [0.1, 0.15) is 11.6 Å². The zero-order valence-electron chi connectivity index (χ0n) is 14.4. The molecule has 0 bridgehead atoms. The fourth-order valence-corrected chi connectivity index (χ4v) is 3.10. The Labute approximate surface area is 155 Å². The molecular weight excluding hydrogens is 350 g/mol. The van der Waals surface area contributed by atoms with E-state index in [4.69, 9.17) is 4.74 Å². The van der Waals surface area contributed by atoms with E-state index in [-0.39, 0.29) is 6.61 Å². The van der Waals surface area contributed by atoms with Crippen molar-refractivity contribution < 1.29 is 19.1 Å². The standard InChI is InChI=1S/C20H17NO4S/c1-13-3-5-14(6-4-13)18-21-17(12-26-18)11-25-20(23)16-9-7-15(8-10-16)19(22)24-2/h3-10,12H,11H2,1-2H3. The van der Waals surface area contributed by atoms with Crippen molar-refractivity contribution in [2.45, 2.75) is 13.5 Å². The minimum absolute atomic E-state index is 0.0972. The molecule has 0 aliphatic carbocycles. The van der Waals surface area contributed by atoms with Gasteiger partial charge in [-0.3, -0.25) is 0 Å². The monoisotopic (exact) mass is 367 g/mol. The van der Waals surface area contributed by atoms with Crippen LogP contribution < -0.4 is 0 Å². The number of hydrogen-bond donors (Lipinski definition) is 0. The molecule has 0 spiro atoms. The van der Waals surface area contributed by atoms with Crippen LogP contribution in [-0.2, 0) is 16.1 Å². The first kappa shape index (κ1) is 17.8. The molecule has 26 heavy (non-hydrogen) atoms. The van der Waals surface area contributed by atoms with E-state index in [0.717, 1.165) is 10.6 Å². The fourth-order valence-electron chi connectivity index (χ4n) is 2.29. The first-order valence-corrected chi connectivity index (χ1v) is 8.82. The van der Waals surface area contributed by atoms with Gasteiger partial charge in [0.05, 0.1) is 23.9 Å². The summed E-state index contributed by atoms with van der Waals surface area (Å²) in [5, 5.41) is 2.77. The smallest absolute Gasteiger partial charge is 0.338 e. The molecule has 5 nitrogen and oxygen atoms in total. The molecular formula is C20H17NO4S. The van der Waals surface area contributed by atoms with Crippen LogP contribution in [0.1, 0.15) is 32.0 Å². The first-order valence-electron chi connectivity index (χ1n) is 7.94. The van der Waals surface area contributed by atoms with Crippen LogP contribution in [0.2, 0.25) is 0 Å². The third kappa shape index (κ3) is 4.15. The molecule has 2 aromatic carbocycles. The average molecular weight is 367 g/mol. The van der Waals surface area contributed by atoms with Gasteiger partial charge < -0.3 is 9.47 Å². The fraction of sp³-hybridized carbons (Fsp3) is 0.150. The van der Waals surface area contributed by atoms with Crippen LogP contribution in [-0.4, -0.2) is 24.0 Å². The lowest BCUT2D eigenvalue weighted by molar-refractivity contribution is 0.0467. The van der Waals surface area contributed by atoms with Gasteiger partial charge in [0.25, 0.3) is 0 Å². The quantitative estimate of drug-likeness (QED) is 0.630. The van der Waals surface area contributed by atoms with Crippen molar-refractivity contribution in [1.82, 2.24) is 4.98 Å². The number of aryl methyl sites for hydroxylation is 1. The second-order valence-corrected chi connectivity index (χ2v) is 6.51. The van der Waals surface area contributed by atoms with Gasteiger partial charge in [-0.25, -0.2) is 14.6 Å². The highest BCUT2D eigenvalue weighted by atomic mass is 32.1. The number of esters is 2. The van der Waals surface area contributed by atoms with E-state index in [2.05, 4.69) is 9.72 Å². The summed E-state index contributed by atoms with van der Waals surface area (Å²) >= 11 is 1.51. The zero-order chi connectivity index (χ0) is 18.5. The molecule has 0 amide bonds. The van der Waals surface area contributed by atoms with Crippen LogP contribution >= 0.6 is 11.3 Å². The molecule has 0 radical (unpaired) electrons. The maximum Gasteiger partial charge on any atom is 0.338 e. The molecule has 0 unspecified atom stereocenters. The first-order chi connectivity index (χ1) is 12.6. The highest BCUT2D eigenvalue weighted by Gasteiger charge is 2.12. The van der Waals surface area contributed by atoms with Crippen LogP contribution in [0.15, 0.2) is 53.9 Å². The summed E-state index contributed by atoms with van der Waals surface area (Å²) in [6.07, 6.45) is 0. The van der Waals surface area contributed by atoms with Gasteiger partial charge in [-0.15, -0.1) is 11.3 Å². The van der Waals surface area contributed by atoms with Crippen LogP contribution in [0, 0.1) is 6.92 Å². The summed E-state index contributed by atoms with van der Waals surface area (Å²) in [6.45, 7) is 2.13. The van der Waals surface area contributed by atoms with Crippen LogP contribution in [0.4, 0.5) is 0 Å². The number of carbonyl (C=O) groups excluding carboxylic acids is 2. The largest absolute Gasteiger partial charge is 0.465 e. The van der Waals surface area contributed by atoms with E-state index in [1.165, 1.54) is 48.3 Å². The van der Waals surface area contributed by atoms with E-state index < -0.39 is 11.9 Å². The Morgan fingerprint density at radius 3 is 2.19 bits per heavy atom. The maximum absolute atomic E-state index is 12.1. The Morgan fingerprint density at radius 2 is 1.58 bits per heavy atom. The molecule has 0 fully saturated rings. The van der Waals surface area contributed by atoms with E-state index >= 15 is 0 Å². The molecule has 0 aliphatic heterocycles. The van der Waals surface area contributed by atoms with Gasteiger partial charge in [0.2, 0.25) is 0 Å². The maximum atomic E-state index is 12.1. The summed E-state index contributed by atoms with van der Waals surface area (Å²) in [5.41, 5.74) is 3.68. The SMILES string of the molecule is COC(=O)c1ccc(C(=O)OCc2csc(-c3ccc(C)cc3)n2)cc1. The molecule has 0 atom stereocenters. The van der Waals surface area contributed by atoms with Crippen LogP contribution in [0.5, 0.6) is 0 Å². The zero-order valence-corrected chi connectivity index (χ0v) is 15.2. The molecule has 0 saturated carbocycles. The second-order valence-electron chi connectivity index (χ2n) is 5.66. The lowest BCUT2D eigenvalue weighted by Gasteiger charge is -2.04. The second kappa shape index (κ2) is 7.93. The van der Waals surface area contributed by atoms with E-state index in [0.29, 0.717) is 16.8 Å². The van der Waals surface area contributed by atoms with E-state index in [9.17, 15) is 9.59 Å². The van der Waals surface area contributed by atoms with Gasteiger partial charge in [0.15, 0.2) is 0 Å². The van der Waals surface area contributed by atoms with Gasteiger partial charge in [0, 0.05) is 10.9 Å². The molecule has 0 saturated heterocycles. The number of aromatic nitrogens is 1. The summed E-state index contributed by atoms with van der Waals surface area (Å²) in [4.78, 5) is 28.0. The predicted molar refractivity (Wildman–Crippen MR) is 99.2 cm³/mol. The van der Waals surface area contributed by atoms with Gasteiger partial charge in [-0.05, 0) is 31.2 Å². The predicted octanol–water partition coefficient (Wildman–Crippen LogP) is 4.26. The van der Waals surface area contributed by atoms with Gasteiger partial charge in [-0.1, -0.05) is 29.8 Å². The van der Waals surface area contributed by atoms with Crippen molar-refractivity contribution in [3.8, 4) is 10.6 Å². The van der Waals surface area contributed by atoms with Gasteiger partial charge in [-0.2, -0.15) is 0 Å². The minimum atomic E-state index is -0.466. The van der Waals surface area contributed by atoms with E-state index in [1.807, 2.05) is 36.6 Å². The lowest BCUT2D eigenvalue weighted by atomic mass is 10.1. The third-order valence-electron chi connectivity index (χ3n) is 3.74. The lowest BCUT2D eigenvalue weighted by Crippen LogP contribution is -2.07. The Bertz CT molecular complexity index is 914.